The number of aryl methyl sites for hydroxylation is 1. The molecule has 0 spiro atoms. The van der Waals surface area contributed by atoms with Crippen molar-refractivity contribution in [3.8, 4) is 0 Å². The summed E-state index contributed by atoms with van der Waals surface area (Å²) < 4.78 is 1.88. The maximum atomic E-state index is 10.8. The lowest BCUT2D eigenvalue weighted by Crippen LogP contribution is -2.20. The fourth-order valence-electron chi connectivity index (χ4n) is 1.70. The summed E-state index contributed by atoms with van der Waals surface area (Å²) in [4.78, 5) is 10.8. The van der Waals surface area contributed by atoms with Gasteiger partial charge in [-0.15, -0.1) is 0 Å². The first-order chi connectivity index (χ1) is 7.50. The molecule has 0 bridgehead atoms. The average Bonchev–Trinajstić information content (AvgIpc) is 2.53. The minimum atomic E-state index is -1.05. The Balaban J connectivity index is 2.60. The van der Waals surface area contributed by atoms with E-state index in [1.165, 1.54) is 0 Å². The number of carbonyl (C=O) groups is 1. The van der Waals surface area contributed by atoms with Gasteiger partial charge in [-0.25, -0.2) is 0 Å². The van der Waals surface area contributed by atoms with Crippen LogP contribution in [0, 0.1) is 0 Å². The average molecular weight is 239 g/mol. The van der Waals surface area contributed by atoms with Crippen molar-refractivity contribution in [1.29, 1.82) is 0 Å². The Morgan fingerprint density at radius 1 is 1.56 bits per heavy atom. The summed E-state index contributed by atoms with van der Waals surface area (Å²) in [5.74, 6) is -1.05. The number of hydrogen-bond donors (Lipinski definition) is 2. The Bertz CT molecular complexity index is 562. The molecule has 2 aromatic rings. The van der Waals surface area contributed by atoms with E-state index < -0.39 is 12.0 Å². The van der Waals surface area contributed by atoms with E-state index in [4.69, 9.17) is 22.4 Å². The topological polar surface area (TPSA) is 68.2 Å². The Labute approximate surface area is 97.2 Å². The molecule has 16 heavy (non-hydrogen) atoms. The summed E-state index contributed by atoms with van der Waals surface area (Å²) in [5, 5.41) is 10.2. The molecular weight excluding hydrogens is 228 g/mol. The van der Waals surface area contributed by atoms with Crippen LogP contribution in [0.2, 0.25) is 5.02 Å². The molecule has 0 aliphatic heterocycles. The van der Waals surface area contributed by atoms with Gasteiger partial charge in [0.25, 0.3) is 0 Å². The van der Waals surface area contributed by atoms with Gasteiger partial charge < -0.3 is 15.4 Å². The number of fused-ring (bicyclic) bond motifs is 1. The molecule has 0 aliphatic carbocycles. The van der Waals surface area contributed by atoms with Crippen LogP contribution in [0.3, 0.4) is 0 Å². The van der Waals surface area contributed by atoms with Gasteiger partial charge in [0.1, 0.15) is 6.04 Å². The molecule has 0 aliphatic rings. The lowest BCUT2D eigenvalue weighted by atomic mass is 10.1. The number of aromatic nitrogens is 1. The number of halogens is 1. The second kappa shape index (κ2) is 3.81. The van der Waals surface area contributed by atoms with Crippen LogP contribution in [-0.2, 0) is 11.8 Å². The van der Waals surface area contributed by atoms with Gasteiger partial charge in [0, 0.05) is 24.1 Å². The highest BCUT2D eigenvalue weighted by molar-refractivity contribution is 6.35. The highest BCUT2D eigenvalue weighted by Crippen LogP contribution is 2.27. The molecule has 0 saturated heterocycles. The minimum Gasteiger partial charge on any atom is -0.480 e. The van der Waals surface area contributed by atoms with Gasteiger partial charge in [-0.3, -0.25) is 4.79 Å². The van der Waals surface area contributed by atoms with Crippen molar-refractivity contribution < 1.29 is 9.90 Å². The number of carboxylic acids is 1. The SMILES string of the molecule is Cn1cc(Cl)c2cc(C(N)C(=O)O)ccc21. The minimum absolute atomic E-state index is 0.549. The summed E-state index contributed by atoms with van der Waals surface area (Å²) in [6.45, 7) is 0. The van der Waals surface area contributed by atoms with Crippen LogP contribution in [-0.4, -0.2) is 15.6 Å². The van der Waals surface area contributed by atoms with Crippen molar-refractivity contribution >= 4 is 28.5 Å². The van der Waals surface area contributed by atoms with Crippen molar-refractivity contribution in [2.45, 2.75) is 6.04 Å². The van der Waals surface area contributed by atoms with Crippen molar-refractivity contribution in [3.63, 3.8) is 0 Å². The van der Waals surface area contributed by atoms with Crippen LogP contribution in [0.25, 0.3) is 10.9 Å². The molecule has 0 amide bonds. The van der Waals surface area contributed by atoms with Gasteiger partial charge in [-0.2, -0.15) is 0 Å². The van der Waals surface area contributed by atoms with E-state index in [1.807, 2.05) is 17.7 Å². The van der Waals surface area contributed by atoms with Crippen LogP contribution in [0.1, 0.15) is 11.6 Å². The van der Waals surface area contributed by atoms with Crippen LogP contribution in [0.4, 0.5) is 0 Å². The fourth-order valence-corrected chi connectivity index (χ4v) is 2.00. The van der Waals surface area contributed by atoms with Gasteiger partial charge in [0.2, 0.25) is 0 Å². The Morgan fingerprint density at radius 3 is 2.88 bits per heavy atom. The van der Waals surface area contributed by atoms with Crippen LogP contribution < -0.4 is 5.73 Å². The highest BCUT2D eigenvalue weighted by atomic mass is 35.5. The number of carboxylic acid groups (broad SMARTS) is 1. The second-order valence-corrected chi connectivity index (χ2v) is 4.09. The van der Waals surface area contributed by atoms with Crippen molar-refractivity contribution in [3.05, 3.63) is 35.0 Å². The molecular formula is C11H11ClN2O2. The molecule has 3 N–H and O–H groups in total. The molecule has 0 saturated carbocycles. The first kappa shape index (κ1) is 11.0. The molecule has 0 radical (unpaired) electrons. The van der Waals surface area contributed by atoms with Crippen molar-refractivity contribution in [2.24, 2.45) is 12.8 Å². The third-order valence-corrected chi connectivity index (χ3v) is 2.89. The van der Waals surface area contributed by atoms with Crippen LogP contribution in [0.15, 0.2) is 24.4 Å². The number of rotatable bonds is 2. The van der Waals surface area contributed by atoms with Gasteiger partial charge in [0.05, 0.1) is 5.02 Å². The maximum absolute atomic E-state index is 10.8. The number of benzene rings is 1. The summed E-state index contributed by atoms with van der Waals surface area (Å²) in [7, 11) is 1.88. The zero-order valence-corrected chi connectivity index (χ0v) is 9.40. The van der Waals surface area contributed by atoms with Crippen LogP contribution in [0.5, 0.6) is 0 Å². The molecule has 1 heterocycles. The molecule has 84 valence electrons. The maximum Gasteiger partial charge on any atom is 0.325 e. The Morgan fingerprint density at radius 2 is 2.25 bits per heavy atom. The third-order valence-electron chi connectivity index (χ3n) is 2.59. The smallest absolute Gasteiger partial charge is 0.325 e. The van der Waals surface area contributed by atoms with E-state index in [0.29, 0.717) is 10.6 Å². The van der Waals surface area contributed by atoms with E-state index in [2.05, 4.69) is 0 Å². The zero-order chi connectivity index (χ0) is 11.9. The molecule has 5 heteroatoms. The number of nitrogens with zero attached hydrogens (tertiary/aromatic N) is 1. The van der Waals surface area contributed by atoms with Crippen LogP contribution >= 0.6 is 11.6 Å². The predicted molar refractivity (Wildman–Crippen MR) is 62.5 cm³/mol. The first-order valence-corrected chi connectivity index (χ1v) is 5.11. The summed E-state index contributed by atoms with van der Waals surface area (Å²) >= 11 is 6.03. The number of aliphatic carboxylic acids is 1. The van der Waals surface area contributed by atoms with E-state index in [1.54, 1.807) is 18.3 Å². The predicted octanol–water partition coefficient (Wildman–Crippen LogP) is 1.92. The molecule has 2 rings (SSSR count). The first-order valence-electron chi connectivity index (χ1n) is 4.73. The Kier molecular flexibility index (Phi) is 2.61. The summed E-state index contributed by atoms with van der Waals surface area (Å²) in [6, 6.07) is 4.23. The summed E-state index contributed by atoms with van der Waals surface area (Å²) in [6.07, 6.45) is 1.78. The fraction of sp³-hybridized carbons (Fsp3) is 0.182. The van der Waals surface area contributed by atoms with Crippen molar-refractivity contribution in [1.82, 2.24) is 4.57 Å². The largest absolute Gasteiger partial charge is 0.480 e. The van der Waals surface area contributed by atoms with E-state index >= 15 is 0 Å². The molecule has 4 nitrogen and oxygen atoms in total. The molecule has 1 aromatic carbocycles. The van der Waals surface area contributed by atoms with Gasteiger partial charge in [0.15, 0.2) is 0 Å². The molecule has 1 aromatic heterocycles. The molecule has 0 fully saturated rings. The standard InChI is InChI=1S/C11H11ClN2O2/c1-14-5-8(12)7-4-6(2-3-9(7)14)10(13)11(15)16/h2-5,10H,13H2,1H3,(H,15,16). The number of hydrogen-bond acceptors (Lipinski definition) is 2. The highest BCUT2D eigenvalue weighted by Gasteiger charge is 2.15. The number of nitrogens with two attached hydrogens (primary N) is 1. The van der Waals surface area contributed by atoms with Gasteiger partial charge in [-0.1, -0.05) is 17.7 Å². The second-order valence-electron chi connectivity index (χ2n) is 3.68. The molecule has 1 unspecified atom stereocenters. The van der Waals surface area contributed by atoms with E-state index in [-0.39, 0.29) is 0 Å². The van der Waals surface area contributed by atoms with Crippen molar-refractivity contribution in [2.75, 3.05) is 0 Å². The van der Waals surface area contributed by atoms with E-state index in [0.717, 1.165) is 10.9 Å². The molecule has 1 atom stereocenters. The zero-order valence-electron chi connectivity index (χ0n) is 8.64. The lowest BCUT2D eigenvalue weighted by Gasteiger charge is -2.07. The summed E-state index contributed by atoms with van der Waals surface area (Å²) in [5.41, 5.74) is 7.04. The third kappa shape index (κ3) is 1.66. The normalized spacial score (nSPS) is 12.9. The van der Waals surface area contributed by atoms with E-state index in [9.17, 15) is 4.79 Å². The monoisotopic (exact) mass is 238 g/mol. The Hall–Kier alpha value is -1.52. The van der Waals surface area contributed by atoms with Gasteiger partial charge >= 0.3 is 5.97 Å². The van der Waals surface area contributed by atoms with Gasteiger partial charge in [-0.05, 0) is 17.7 Å². The lowest BCUT2D eigenvalue weighted by molar-refractivity contribution is -0.138. The quantitative estimate of drug-likeness (QED) is 0.840.